The second-order valence-corrected chi connectivity index (χ2v) is 7.62. The van der Waals surface area contributed by atoms with Gasteiger partial charge in [-0.2, -0.15) is 9.97 Å². The fourth-order valence-corrected chi connectivity index (χ4v) is 2.72. The minimum atomic E-state index is -0.536. The third kappa shape index (κ3) is 11.0. The van der Waals surface area contributed by atoms with Gasteiger partial charge in [0.25, 0.3) is 0 Å². The number of rotatable bonds is 16. The molecule has 1 aromatic rings. The average Bonchev–Trinajstić information content (AvgIpc) is 2.74. The van der Waals surface area contributed by atoms with Crippen LogP contribution in [0.4, 0.5) is 5.95 Å². The minimum absolute atomic E-state index is 0.0670. The van der Waals surface area contributed by atoms with Crippen molar-refractivity contribution in [1.82, 2.24) is 35.2 Å². The minimum Gasteiger partial charge on any atom is -0.308 e. The summed E-state index contributed by atoms with van der Waals surface area (Å²) in [7, 11) is 6.13. The van der Waals surface area contributed by atoms with E-state index < -0.39 is 5.92 Å². The smallest absolute Gasteiger partial charge is 0.245 e. The number of hydrogen-bond acceptors (Lipinski definition) is 9. The van der Waals surface area contributed by atoms with E-state index in [9.17, 15) is 14.8 Å². The van der Waals surface area contributed by atoms with Crippen LogP contribution in [0.3, 0.4) is 0 Å². The highest BCUT2D eigenvalue weighted by atomic mass is 16.5. The molecule has 0 saturated carbocycles. The normalized spacial score (nSPS) is 12.1. The summed E-state index contributed by atoms with van der Waals surface area (Å²) in [4.78, 5) is 40.0. The van der Waals surface area contributed by atoms with E-state index in [1.54, 1.807) is 0 Å². The van der Waals surface area contributed by atoms with Gasteiger partial charge in [-0.15, -0.1) is 0 Å². The molecule has 3 N–H and O–H groups in total. The van der Waals surface area contributed by atoms with Crippen molar-refractivity contribution < 1.29 is 14.8 Å². The van der Waals surface area contributed by atoms with Gasteiger partial charge in [-0.1, -0.05) is 26.2 Å². The van der Waals surface area contributed by atoms with Crippen molar-refractivity contribution in [2.75, 3.05) is 52.7 Å². The molecule has 0 fully saturated rings. The first-order valence-corrected chi connectivity index (χ1v) is 10.3. The molecule has 0 unspecified atom stereocenters. The van der Waals surface area contributed by atoms with Crippen LogP contribution >= 0.6 is 0 Å². The van der Waals surface area contributed by atoms with Crippen LogP contribution in [0, 0.1) is 5.92 Å². The topological polar surface area (TPSA) is 127 Å². The van der Waals surface area contributed by atoms with Crippen molar-refractivity contribution in [2.24, 2.45) is 5.92 Å². The van der Waals surface area contributed by atoms with Gasteiger partial charge < -0.3 is 9.80 Å². The van der Waals surface area contributed by atoms with E-state index in [0.29, 0.717) is 30.1 Å². The Balaban J connectivity index is 2.55. The van der Waals surface area contributed by atoms with Gasteiger partial charge in [0.05, 0.1) is 12.5 Å². The highest BCUT2D eigenvalue weighted by Crippen LogP contribution is 2.11. The van der Waals surface area contributed by atoms with Gasteiger partial charge in [-0.25, -0.2) is 10.0 Å². The van der Waals surface area contributed by atoms with Gasteiger partial charge in [-0.3, -0.25) is 25.6 Å². The Kier molecular flexibility index (Phi) is 12.5. The fraction of sp³-hybridized carbons (Fsp3) is 0.737. The lowest BCUT2D eigenvalue weighted by Crippen LogP contribution is -2.40. The summed E-state index contributed by atoms with van der Waals surface area (Å²) in [5, 5.41) is 9.94. The first-order chi connectivity index (χ1) is 14.3. The third-order valence-corrected chi connectivity index (χ3v) is 4.62. The number of amides is 2. The van der Waals surface area contributed by atoms with Crippen LogP contribution in [0.2, 0.25) is 0 Å². The number of hydrogen-bond donors (Lipinski definition) is 3. The van der Waals surface area contributed by atoms with Crippen molar-refractivity contribution in [2.45, 2.75) is 39.0 Å². The molecular formula is C19H36N8O3. The molecule has 0 aliphatic heterocycles. The number of carbonyl (C=O) groups is 2. The number of aromatic nitrogens is 3. The lowest BCUT2D eigenvalue weighted by molar-refractivity contribution is -0.154. The molecule has 1 aromatic heterocycles. The second kappa shape index (κ2) is 14.6. The van der Waals surface area contributed by atoms with Gasteiger partial charge in [0, 0.05) is 26.1 Å². The van der Waals surface area contributed by atoms with Crippen molar-refractivity contribution in [3.8, 4) is 0 Å². The maximum absolute atomic E-state index is 12.5. The Hall–Kier alpha value is -2.37. The number of unbranched alkanes of at least 4 members (excludes halogenated alkanes) is 2. The quantitative estimate of drug-likeness (QED) is 0.149. The zero-order valence-corrected chi connectivity index (χ0v) is 18.5. The predicted octanol–water partition coefficient (Wildman–Crippen LogP) is 0.395. The zero-order valence-electron chi connectivity index (χ0n) is 18.5. The van der Waals surface area contributed by atoms with E-state index in [0.717, 1.165) is 38.9 Å². The molecule has 0 saturated heterocycles. The molecule has 0 radical (unpaired) electrons. The highest BCUT2D eigenvalue weighted by molar-refractivity contribution is 5.80. The Morgan fingerprint density at radius 1 is 1.20 bits per heavy atom. The summed E-state index contributed by atoms with van der Waals surface area (Å²) in [5.41, 5.74) is 5.27. The molecule has 0 aromatic carbocycles. The molecule has 2 amide bonds. The van der Waals surface area contributed by atoms with E-state index >= 15 is 0 Å². The molecule has 1 rings (SSSR count). The second-order valence-electron chi connectivity index (χ2n) is 7.62. The van der Waals surface area contributed by atoms with Crippen molar-refractivity contribution in [1.29, 1.82) is 0 Å². The van der Waals surface area contributed by atoms with Gasteiger partial charge in [0.2, 0.25) is 18.3 Å². The standard InChI is InChI=1S/C19H36N8O3/c1-5-6-7-8-16(13-27(30)15-28)18(29)23-24-19-21-14-20-17(22-19)9-10-26(4)12-11-25(2)3/h14-16,30H,5-13H2,1-4H3,(H,23,29)(H,20,21,22,24)/t16-/m1/s1. The van der Waals surface area contributed by atoms with Crippen LogP contribution in [-0.4, -0.2) is 94.7 Å². The predicted molar refractivity (Wildman–Crippen MR) is 114 cm³/mol. The Labute approximate surface area is 178 Å². The monoisotopic (exact) mass is 424 g/mol. The van der Waals surface area contributed by atoms with Crippen LogP contribution in [0.25, 0.3) is 0 Å². The van der Waals surface area contributed by atoms with E-state index in [1.165, 1.54) is 6.33 Å². The van der Waals surface area contributed by atoms with Crippen molar-refractivity contribution in [3.63, 3.8) is 0 Å². The molecular weight excluding hydrogens is 388 g/mol. The molecule has 11 nitrogen and oxygen atoms in total. The molecule has 0 aliphatic rings. The van der Waals surface area contributed by atoms with Crippen LogP contribution in [0.15, 0.2) is 6.33 Å². The molecule has 30 heavy (non-hydrogen) atoms. The lowest BCUT2D eigenvalue weighted by Gasteiger charge is -2.20. The van der Waals surface area contributed by atoms with Gasteiger partial charge in [0.15, 0.2) is 0 Å². The summed E-state index contributed by atoms with van der Waals surface area (Å²) in [6.45, 7) is 4.73. The zero-order chi connectivity index (χ0) is 22.4. The maximum atomic E-state index is 12.5. The SMILES string of the molecule is CCCCC[C@H](CN(O)C=O)C(=O)NNc1ncnc(CCN(C)CCN(C)C)n1. The summed E-state index contributed by atoms with van der Waals surface area (Å²) >= 11 is 0. The summed E-state index contributed by atoms with van der Waals surface area (Å²) in [6, 6.07) is 0. The molecule has 0 spiro atoms. The van der Waals surface area contributed by atoms with Crippen molar-refractivity contribution in [3.05, 3.63) is 12.2 Å². The molecule has 1 heterocycles. The Morgan fingerprint density at radius 3 is 2.63 bits per heavy atom. The first-order valence-electron chi connectivity index (χ1n) is 10.3. The van der Waals surface area contributed by atoms with E-state index in [2.05, 4.69) is 42.5 Å². The number of likely N-dealkylation sites (N-methyl/N-ethyl adjacent to an activating group) is 2. The number of anilines is 1. The van der Waals surface area contributed by atoms with E-state index in [1.807, 2.05) is 21.1 Å². The highest BCUT2D eigenvalue weighted by Gasteiger charge is 2.20. The van der Waals surface area contributed by atoms with Gasteiger partial charge in [0.1, 0.15) is 12.2 Å². The Bertz CT molecular complexity index is 632. The van der Waals surface area contributed by atoms with Gasteiger partial charge >= 0.3 is 0 Å². The largest absolute Gasteiger partial charge is 0.308 e. The fourth-order valence-electron chi connectivity index (χ4n) is 2.72. The molecule has 0 aliphatic carbocycles. The average molecular weight is 425 g/mol. The van der Waals surface area contributed by atoms with Gasteiger partial charge in [-0.05, 0) is 27.6 Å². The molecule has 0 bridgehead atoms. The third-order valence-electron chi connectivity index (χ3n) is 4.62. The van der Waals surface area contributed by atoms with Crippen LogP contribution in [-0.2, 0) is 16.0 Å². The maximum Gasteiger partial charge on any atom is 0.245 e. The summed E-state index contributed by atoms with van der Waals surface area (Å²) < 4.78 is 0. The molecule has 170 valence electrons. The van der Waals surface area contributed by atoms with E-state index in [4.69, 9.17) is 0 Å². The summed E-state index contributed by atoms with van der Waals surface area (Å²) in [5.74, 6) is -0.00318. The number of carbonyl (C=O) groups excluding carboxylic acids is 2. The number of nitrogens with one attached hydrogen (secondary N) is 2. The Morgan fingerprint density at radius 2 is 1.97 bits per heavy atom. The summed E-state index contributed by atoms with van der Waals surface area (Å²) in [6.07, 6.45) is 5.74. The van der Waals surface area contributed by atoms with Crippen LogP contribution < -0.4 is 10.9 Å². The first kappa shape index (κ1) is 25.7. The van der Waals surface area contributed by atoms with E-state index in [-0.39, 0.29) is 18.4 Å². The lowest BCUT2D eigenvalue weighted by atomic mass is 10.0. The number of nitrogens with zero attached hydrogens (tertiary/aromatic N) is 6. The number of hydroxylamine groups is 2. The number of hydrazine groups is 1. The molecule has 1 atom stereocenters. The molecule has 11 heteroatoms. The van der Waals surface area contributed by atoms with Crippen molar-refractivity contribution >= 4 is 18.3 Å². The van der Waals surface area contributed by atoms with Crippen LogP contribution in [0.5, 0.6) is 0 Å². The van der Waals surface area contributed by atoms with Crippen LogP contribution in [0.1, 0.15) is 38.4 Å².